The predicted octanol–water partition coefficient (Wildman–Crippen LogP) is 0.655. The first-order valence-electron chi connectivity index (χ1n) is 5.19. The molecule has 3 heteroatoms. The summed E-state index contributed by atoms with van der Waals surface area (Å²) in [4.78, 5) is 0. The zero-order chi connectivity index (χ0) is 9.53. The molecule has 1 saturated heterocycles. The number of hydrogen-bond acceptors (Lipinski definition) is 3. The van der Waals surface area contributed by atoms with Gasteiger partial charge in [0.25, 0.3) is 0 Å². The SMILES string of the molecule is CC1OCCC1(O)C1(CN)CCC1. The summed E-state index contributed by atoms with van der Waals surface area (Å²) in [6.45, 7) is 3.24. The molecule has 0 aromatic rings. The average Bonchev–Trinajstić information content (AvgIpc) is 2.32. The Bertz CT molecular complexity index is 198. The highest BCUT2D eigenvalue weighted by Gasteiger charge is 2.58. The van der Waals surface area contributed by atoms with Crippen molar-refractivity contribution in [3.63, 3.8) is 0 Å². The molecule has 2 fully saturated rings. The number of aliphatic hydroxyl groups is 1. The van der Waals surface area contributed by atoms with E-state index in [1.54, 1.807) is 0 Å². The van der Waals surface area contributed by atoms with Gasteiger partial charge in [0, 0.05) is 25.0 Å². The first kappa shape index (κ1) is 9.44. The highest BCUT2D eigenvalue weighted by Crippen LogP contribution is 2.53. The molecule has 1 aliphatic carbocycles. The van der Waals surface area contributed by atoms with Gasteiger partial charge < -0.3 is 15.6 Å². The first-order valence-corrected chi connectivity index (χ1v) is 5.19. The molecule has 1 heterocycles. The van der Waals surface area contributed by atoms with Gasteiger partial charge in [0.05, 0.1) is 11.7 Å². The number of rotatable bonds is 2. The second kappa shape index (κ2) is 2.94. The van der Waals surface area contributed by atoms with Crippen LogP contribution < -0.4 is 5.73 Å². The fraction of sp³-hybridized carbons (Fsp3) is 1.00. The van der Waals surface area contributed by atoms with E-state index in [0.29, 0.717) is 13.2 Å². The van der Waals surface area contributed by atoms with Crippen LogP contribution in [0.3, 0.4) is 0 Å². The van der Waals surface area contributed by atoms with Crippen molar-refractivity contribution in [1.82, 2.24) is 0 Å². The van der Waals surface area contributed by atoms with Crippen LogP contribution in [-0.4, -0.2) is 30.0 Å². The molecule has 2 aliphatic rings. The van der Waals surface area contributed by atoms with E-state index in [1.807, 2.05) is 6.92 Å². The lowest BCUT2D eigenvalue weighted by molar-refractivity contribution is -0.150. The molecule has 3 nitrogen and oxygen atoms in total. The molecule has 1 aliphatic heterocycles. The van der Waals surface area contributed by atoms with Gasteiger partial charge in [-0.2, -0.15) is 0 Å². The molecule has 0 bridgehead atoms. The van der Waals surface area contributed by atoms with E-state index in [-0.39, 0.29) is 11.5 Å². The summed E-state index contributed by atoms with van der Waals surface area (Å²) in [7, 11) is 0. The van der Waals surface area contributed by atoms with Gasteiger partial charge in [-0.05, 0) is 19.8 Å². The molecule has 0 aromatic carbocycles. The smallest absolute Gasteiger partial charge is 0.0995 e. The number of nitrogens with two attached hydrogens (primary N) is 1. The van der Waals surface area contributed by atoms with Crippen molar-refractivity contribution in [3.8, 4) is 0 Å². The molecule has 0 spiro atoms. The second-order valence-corrected chi connectivity index (χ2v) is 4.53. The summed E-state index contributed by atoms with van der Waals surface area (Å²) in [5.41, 5.74) is 5.09. The number of hydrogen-bond donors (Lipinski definition) is 2. The fourth-order valence-corrected chi connectivity index (χ4v) is 2.85. The molecule has 2 unspecified atom stereocenters. The maximum atomic E-state index is 10.5. The van der Waals surface area contributed by atoms with Crippen molar-refractivity contribution in [2.24, 2.45) is 11.1 Å². The molecule has 0 aromatic heterocycles. The normalized spacial score (nSPS) is 43.2. The van der Waals surface area contributed by atoms with Gasteiger partial charge in [-0.3, -0.25) is 0 Å². The van der Waals surface area contributed by atoms with Crippen LogP contribution >= 0.6 is 0 Å². The summed E-state index contributed by atoms with van der Waals surface area (Å²) in [6.07, 6.45) is 4.04. The van der Waals surface area contributed by atoms with Crippen molar-refractivity contribution >= 4 is 0 Å². The second-order valence-electron chi connectivity index (χ2n) is 4.53. The average molecular weight is 185 g/mol. The van der Waals surface area contributed by atoms with Crippen LogP contribution in [-0.2, 0) is 4.74 Å². The Hall–Kier alpha value is -0.120. The quantitative estimate of drug-likeness (QED) is 0.664. The van der Waals surface area contributed by atoms with E-state index >= 15 is 0 Å². The minimum atomic E-state index is -0.653. The Labute approximate surface area is 79.3 Å². The van der Waals surface area contributed by atoms with E-state index in [1.165, 1.54) is 6.42 Å². The maximum absolute atomic E-state index is 10.5. The Morgan fingerprint density at radius 2 is 2.15 bits per heavy atom. The zero-order valence-electron chi connectivity index (χ0n) is 8.25. The summed E-state index contributed by atoms with van der Waals surface area (Å²) >= 11 is 0. The van der Waals surface area contributed by atoms with Crippen LogP contribution in [0.4, 0.5) is 0 Å². The van der Waals surface area contributed by atoms with Crippen molar-refractivity contribution in [1.29, 1.82) is 0 Å². The first-order chi connectivity index (χ1) is 6.15. The highest BCUT2D eigenvalue weighted by atomic mass is 16.5. The molecule has 13 heavy (non-hydrogen) atoms. The van der Waals surface area contributed by atoms with Crippen molar-refractivity contribution in [3.05, 3.63) is 0 Å². The van der Waals surface area contributed by atoms with E-state index < -0.39 is 5.60 Å². The maximum Gasteiger partial charge on any atom is 0.0995 e. The van der Waals surface area contributed by atoms with Crippen LogP contribution in [0.2, 0.25) is 0 Å². The standard InChI is InChI=1S/C10H19NO2/c1-8-10(12,5-6-13-8)9(7-11)3-2-4-9/h8,12H,2-7,11H2,1H3. The molecular weight excluding hydrogens is 166 g/mol. The largest absolute Gasteiger partial charge is 0.386 e. The molecule has 2 rings (SSSR count). The Morgan fingerprint density at radius 1 is 1.46 bits per heavy atom. The lowest BCUT2D eigenvalue weighted by Crippen LogP contribution is -2.59. The van der Waals surface area contributed by atoms with Gasteiger partial charge in [0.2, 0.25) is 0 Å². The molecule has 0 radical (unpaired) electrons. The van der Waals surface area contributed by atoms with Gasteiger partial charge in [-0.1, -0.05) is 6.42 Å². The lowest BCUT2D eigenvalue weighted by atomic mass is 9.56. The van der Waals surface area contributed by atoms with Crippen LogP contribution in [0.5, 0.6) is 0 Å². The summed E-state index contributed by atoms with van der Waals surface area (Å²) < 4.78 is 5.45. The van der Waals surface area contributed by atoms with E-state index in [0.717, 1.165) is 19.3 Å². The van der Waals surface area contributed by atoms with Gasteiger partial charge in [0.15, 0.2) is 0 Å². The van der Waals surface area contributed by atoms with Crippen LogP contribution in [0, 0.1) is 5.41 Å². The highest BCUT2D eigenvalue weighted by molar-refractivity contribution is 5.09. The number of ether oxygens (including phenoxy) is 1. The topological polar surface area (TPSA) is 55.5 Å². The molecule has 1 saturated carbocycles. The third-order valence-electron chi connectivity index (χ3n) is 4.14. The van der Waals surface area contributed by atoms with Crippen LogP contribution in [0.1, 0.15) is 32.6 Å². The minimum absolute atomic E-state index is 0.0388. The Morgan fingerprint density at radius 3 is 2.46 bits per heavy atom. The lowest BCUT2D eigenvalue weighted by Gasteiger charge is -2.52. The monoisotopic (exact) mass is 185 g/mol. The van der Waals surface area contributed by atoms with Crippen LogP contribution in [0.15, 0.2) is 0 Å². The fourth-order valence-electron chi connectivity index (χ4n) is 2.85. The van der Waals surface area contributed by atoms with Crippen molar-refractivity contribution in [2.45, 2.75) is 44.3 Å². The summed E-state index contributed by atoms with van der Waals surface area (Å²) in [6, 6.07) is 0. The van der Waals surface area contributed by atoms with E-state index in [9.17, 15) is 5.11 Å². The summed E-state index contributed by atoms with van der Waals surface area (Å²) in [5, 5.41) is 10.5. The molecule has 2 atom stereocenters. The van der Waals surface area contributed by atoms with E-state index in [4.69, 9.17) is 10.5 Å². The van der Waals surface area contributed by atoms with E-state index in [2.05, 4.69) is 0 Å². The zero-order valence-corrected chi connectivity index (χ0v) is 8.25. The Kier molecular flexibility index (Phi) is 2.13. The molecular formula is C10H19NO2. The third-order valence-corrected chi connectivity index (χ3v) is 4.14. The molecule has 76 valence electrons. The van der Waals surface area contributed by atoms with Crippen LogP contribution in [0.25, 0.3) is 0 Å². The third kappa shape index (κ3) is 1.07. The van der Waals surface area contributed by atoms with Gasteiger partial charge in [-0.15, -0.1) is 0 Å². The predicted molar refractivity (Wildman–Crippen MR) is 50.3 cm³/mol. The molecule has 0 amide bonds. The Balaban J connectivity index is 2.21. The summed E-state index contributed by atoms with van der Waals surface area (Å²) in [5.74, 6) is 0. The van der Waals surface area contributed by atoms with Gasteiger partial charge >= 0.3 is 0 Å². The van der Waals surface area contributed by atoms with Gasteiger partial charge in [-0.25, -0.2) is 0 Å². The van der Waals surface area contributed by atoms with Crippen molar-refractivity contribution in [2.75, 3.05) is 13.2 Å². The van der Waals surface area contributed by atoms with Crippen molar-refractivity contribution < 1.29 is 9.84 Å². The minimum Gasteiger partial charge on any atom is -0.386 e. The van der Waals surface area contributed by atoms with Gasteiger partial charge in [0.1, 0.15) is 0 Å². The molecule has 3 N–H and O–H groups in total.